The van der Waals surface area contributed by atoms with E-state index in [4.69, 9.17) is 14.0 Å². The zero-order valence-electron chi connectivity index (χ0n) is 17.4. The van der Waals surface area contributed by atoms with Gasteiger partial charge in [0.05, 0.1) is 13.2 Å². The molecule has 1 aromatic heterocycles. The molecule has 0 aliphatic rings. The molecule has 0 saturated carbocycles. The number of ketones is 1. The summed E-state index contributed by atoms with van der Waals surface area (Å²) in [5, 5.41) is 3.88. The minimum absolute atomic E-state index is 0.00719. The van der Waals surface area contributed by atoms with E-state index in [1.807, 2.05) is 31.2 Å². The molecule has 156 valence electrons. The molecular weight excluding hydrogens is 384 g/mol. The van der Waals surface area contributed by atoms with Gasteiger partial charge in [0.15, 0.2) is 17.2 Å². The summed E-state index contributed by atoms with van der Waals surface area (Å²) in [5.41, 5.74) is 1.77. The van der Waals surface area contributed by atoms with Crippen molar-refractivity contribution in [3.8, 4) is 11.5 Å². The number of amides is 1. The molecule has 0 N–H and O–H groups in total. The fourth-order valence-corrected chi connectivity index (χ4v) is 2.90. The topological polar surface area (TPSA) is 81.9 Å². The van der Waals surface area contributed by atoms with Gasteiger partial charge in [0.2, 0.25) is 0 Å². The first-order valence-electron chi connectivity index (χ1n) is 9.49. The van der Waals surface area contributed by atoms with Crippen molar-refractivity contribution in [2.75, 3.05) is 14.2 Å². The number of methoxy groups -OCH3 is 1. The average Bonchev–Trinajstić information content (AvgIpc) is 3.25. The summed E-state index contributed by atoms with van der Waals surface area (Å²) < 4.78 is 16.1. The third-order valence-electron chi connectivity index (χ3n) is 4.90. The number of ether oxygens (including phenoxy) is 2. The summed E-state index contributed by atoms with van der Waals surface area (Å²) in [6.45, 7) is 3.56. The van der Waals surface area contributed by atoms with Crippen LogP contribution >= 0.6 is 0 Å². The van der Waals surface area contributed by atoms with E-state index < -0.39 is 0 Å². The van der Waals surface area contributed by atoms with Gasteiger partial charge in [0, 0.05) is 18.7 Å². The molecule has 0 unspecified atom stereocenters. The minimum atomic E-state index is -0.258. The molecule has 1 atom stereocenters. The Kier molecular flexibility index (Phi) is 6.51. The first-order valence-corrected chi connectivity index (χ1v) is 9.49. The van der Waals surface area contributed by atoms with Crippen LogP contribution in [0.5, 0.6) is 11.5 Å². The maximum atomic E-state index is 12.8. The monoisotopic (exact) mass is 408 g/mol. The van der Waals surface area contributed by atoms with E-state index in [-0.39, 0.29) is 30.0 Å². The second-order valence-electron chi connectivity index (χ2n) is 6.92. The molecule has 0 fully saturated rings. The molecule has 1 heterocycles. The lowest BCUT2D eigenvalue weighted by Crippen LogP contribution is -2.29. The Morgan fingerprint density at radius 3 is 2.50 bits per heavy atom. The van der Waals surface area contributed by atoms with E-state index in [9.17, 15) is 9.59 Å². The van der Waals surface area contributed by atoms with Gasteiger partial charge >= 0.3 is 0 Å². The molecule has 0 spiro atoms. The molecule has 7 heteroatoms. The van der Waals surface area contributed by atoms with Crippen LogP contribution in [0.2, 0.25) is 0 Å². The number of carbonyl (C=O) groups excluding carboxylic acids is 2. The summed E-state index contributed by atoms with van der Waals surface area (Å²) in [5.74, 6) is 1.49. The van der Waals surface area contributed by atoms with Gasteiger partial charge in [-0.3, -0.25) is 9.59 Å². The van der Waals surface area contributed by atoms with E-state index in [1.165, 1.54) is 6.92 Å². The highest BCUT2D eigenvalue weighted by atomic mass is 16.5. The number of nitrogens with zero attached hydrogens (tertiary/aromatic N) is 2. The second kappa shape index (κ2) is 9.26. The van der Waals surface area contributed by atoms with E-state index >= 15 is 0 Å². The molecule has 0 bridgehead atoms. The fourth-order valence-electron chi connectivity index (χ4n) is 2.90. The molecule has 3 aromatic rings. The lowest BCUT2D eigenvalue weighted by molar-refractivity contribution is 0.0731. The summed E-state index contributed by atoms with van der Waals surface area (Å²) in [4.78, 5) is 25.7. The molecule has 0 aliphatic carbocycles. The highest BCUT2D eigenvalue weighted by Gasteiger charge is 2.22. The van der Waals surface area contributed by atoms with Crippen molar-refractivity contribution < 1.29 is 23.6 Å². The highest BCUT2D eigenvalue weighted by molar-refractivity contribution is 5.94. The Hall–Kier alpha value is -3.61. The molecule has 0 radical (unpaired) electrons. The smallest absolute Gasteiger partial charge is 0.276 e. The molecule has 0 saturated heterocycles. The number of rotatable bonds is 8. The lowest BCUT2D eigenvalue weighted by Gasteiger charge is -2.24. The summed E-state index contributed by atoms with van der Waals surface area (Å²) in [6, 6.07) is 15.8. The number of hydrogen-bond donors (Lipinski definition) is 0. The Labute approximate surface area is 175 Å². The number of aromatic nitrogens is 1. The number of hydrogen-bond acceptors (Lipinski definition) is 6. The Morgan fingerprint density at radius 2 is 1.83 bits per heavy atom. The number of benzene rings is 2. The molecule has 0 aliphatic heterocycles. The van der Waals surface area contributed by atoms with Crippen LogP contribution in [-0.4, -0.2) is 35.9 Å². The third kappa shape index (κ3) is 4.86. The van der Waals surface area contributed by atoms with Crippen LogP contribution in [0.15, 0.2) is 59.1 Å². The van der Waals surface area contributed by atoms with Crippen molar-refractivity contribution in [3.05, 3.63) is 77.2 Å². The van der Waals surface area contributed by atoms with Crippen LogP contribution in [0, 0.1) is 0 Å². The standard InChI is InChI=1S/C23H24N2O5/c1-15(18-6-5-7-20(12-18)28-4)25(3)23(27)22-13-21(30-24-22)14-29-19-10-8-17(9-11-19)16(2)26/h5-13,15H,14H2,1-4H3/t15-/m0/s1. The van der Waals surface area contributed by atoms with Crippen molar-refractivity contribution >= 4 is 11.7 Å². The van der Waals surface area contributed by atoms with Crippen molar-refractivity contribution in [2.45, 2.75) is 26.5 Å². The van der Waals surface area contributed by atoms with E-state index in [0.29, 0.717) is 17.1 Å². The normalized spacial score (nSPS) is 11.6. The number of Topliss-reactive ketones (excluding diaryl/α,β-unsaturated/α-hetero) is 1. The van der Waals surface area contributed by atoms with E-state index in [2.05, 4.69) is 5.16 Å². The van der Waals surface area contributed by atoms with E-state index in [0.717, 1.165) is 11.3 Å². The predicted molar refractivity (Wildman–Crippen MR) is 111 cm³/mol. The second-order valence-corrected chi connectivity index (χ2v) is 6.92. The van der Waals surface area contributed by atoms with Crippen LogP contribution < -0.4 is 9.47 Å². The SMILES string of the molecule is COc1cccc([C@H](C)N(C)C(=O)c2cc(COc3ccc(C(C)=O)cc3)on2)c1. The predicted octanol–water partition coefficient (Wildman–Crippen LogP) is 4.30. The molecule has 2 aromatic carbocycles. The minimum Gasteiger partial charge on any atom is -0.497 e. The molecule has 7 nitrogen and oxygen atoms in total. The van der Waals surface area contributed by atoms with E-state index in [1.54, 1.807) is 49.4 Å². The quantitative estimate of drug-likeness (QED) is 0.517. The molecule has 1 amide bonds. The first-order chi connectivity index (χ1) is 14.4. The zero-order valence-corrected chi connectivity index (χ0v) is 17.4. The zero-order chi connectivity index (χ0) is 21.7. The highest BCUT2D eigenvalue weighted by Crippen LogP contribution is 2.24. The molecule has 3 rings (SSSR count). The fraction of sp³-hybridized carbons (Fsp3) is 0.261. The average molecular weight is 408 g/mol. The summed E-state index contributed by atoms with van der Waals surface area (Å²) in [7, 11) is 3.32. The van der Waals surface area contributed by atoms with Crippen LogP contribution in [0.3, 0.4) is 0 Å². The van der Waals surface area contributed by atoms with Crippen LogP contribution in [0.1, 0.15) is 52.1 Å². The number of carbonyl (C=O) groups is 2. The molecular formula is C23H24N2O5. The van der Waals surface area contributed by atoms with Crippen LogP contribution in [-0.2, 0) is 6.61 Å². The van der Waals surface area contributed by atoms with Gasteiger partial charge in [-0.2, -0.15) is 0 Å². The first kappa shape index (κ1) is 21.1. The van der Waals surface area contributed by atoms with Gasteiger partial charge in [-0.15, -0.1) is 0 Å². The van der Waals surface area contributed by atoms with Gasteiger partial charge < -0.3 is 18.9 Å². The summed E-state index contributed by atoms with van der Waals surface area (Å²) >= 11 is 0. The maximum Gasteiger partial charge on any atom is 0.276 e. The van der Waals surface area contributed by atoms with Crippen molar-refractivity contribution in [1.29, 1.82) is 0 Å². The van der Waals surface area contributed by atoms with Gasteiger partial charge in [0.1, 0.15) is 18.1 Å². The lowest BCUT2D eigenvalue weighted by atomic mass is 10.1. The van der Waals surface area contributed by atoms with Gasteiger partial charge in [-0.1, -0.05) is 17.3 Å². The van der Waals surface area contributed by atoms with Gasteiger partial charge in [0.25, 0.3) is 5.91 Å². The summed E-state index contributed by atoms with van der Waals surface area (Å²) in [6.07, 6.45) is 0. The Morgan fingerprint density at radius 1 is 1.10 bits per heavy atom. The van der Waals surface area contributed by atoms with Crippen LogP contribution in [0.25, 0.3) is 0 Å². The maximum absolute atomic E-state index is 12.8. The van der Waals surface area contributed by atoms with Crippen molar-refractivity contribution in [2.24, 2.45) is 0 Å². The Bertz CT molecular complexity index is 1030. The van der Waals surface area contributed by atoms with Crippen LogP contribution in [0.4, 0.5) is 0 Å². The van der Waals surface area contributed by atoms with Crippen molar-refractivity contribution in [1.82, 2.24) is 10.1 Å². The Balaban J connectivity index is 1.62. The van der Waals surface area contributed by atoms with Gasteiger partial charge in [-0.05, 0) is 55.8 Å². The van der Waals surface area contributed by atoms with Gasteiger partial charge in [-0.25, -0.2) is 0 Å². The largest absolute Gasteiger partial charge is 0.497 e. The molecule has 30 heavy (non-hydrogen) atoms. The third-order valence-corrected chi connectivity index (χ3v) is 4.90. The van der Waals surface area contributed by atoms with Crippen molar-refractivity contribution in [3.63, 3.8) is 0 Å².